The number of carbonyl (C=O) groups excluding carboxylic acids is 1. The Balaban J connectivity index is 1.96. The summed E-state index contributed by atoms with van der Waals surface area (Å²) in [6.45, 7) is 6.87. The maximum Gasteiger partial charge on any atom is 0.222 e. The molecule has 5 nitrogen and oxygen atoms in total. The van der Waals surface area contributed by atoms with Gasteiger partial charge in [0.05, 0.1) is 30.3 Å². The largest absolute Gasteiger partial charge is 0.378 e. The maximum atomic E-state index is 11.8. The molecule has 21 heavy (non-hydrogen) atoms. The van der Waals surface area contributed by atoms with Gasteiger partial charge in [0.2, 0.25) is 5.91 Å². The van der Waals surface area contributed by atoms with Gasteiger partial charge in [0.15, 0.2) is 0 Å². The van der Waals surface area contributed by atoms with Crippen molar-refractivity contribution in [2.45, 2.75) is 39.8 Å². The number of hydrogen-bond acceptors (Lipinski definition) is 3. The summed E-state index contributed by atoms with van der Waals surface area (Å²) >= 11 is 0. The minimum absolute atomic E-state index is 0.0144. The van der Waals surface area contributed by atoms with E-state index in [4.69, 9.17) is 4.74 Å². The molecule has 1 heterocycles. The number of para-hydroxylation sites is 1. The predicted octanol–water partition coefficient (Wildman–Crippen LogP) is 2.31. The van der Waals surface area contributed by atoms with E-state index in [9.17, 15) is 4.79 Å². The molecule has 1 N–H and O–H groups in total. The van der Waals surface area contributed by atoms with Crippen LogP contribution < -0.4 is 5.32 Å². The topological polar surface area (TPSA) is 56.1 Å². The molecule has 0 aliphatic carbocycles. The van der Waals surface area contributed by atoms with Crippen LogP contribution in [0.2, 0.25) is 0 Å². The number of nitrogens with one attached hydrogen (secondary N) is 1. The Kier molecular flexibility index (Phi) is 4.96. The van der Waals surface area contributed by atoms with Crippen molar-refractivity contribution in [1.29, 1.82) is 0 Å². The van der Waals surface area contributed by atoms with Crippen LogP contribution in [-0.2, 0) is 23.1 Å². The molecule has 2 aromatic rings. The van der Waals surface area contributed by atoms with Gasteiger partial charge in [-0.15, -0.1) is 0 Å². The predicted molar refractivity (Wildman–Crippen MR) is 83.0 cm³/mol. The van der Waals surface area contributed by atoms with Gasteiger partial charge in [-0.1, -0.05) is 12.1 Å². The lowest BCUT2D eigenvalue weighted by Crippen LogP contribution is -2.25. The number of imidazole rings is 1. The van der Waals surface area contributed by atoms with Crippen molar-refractivity contribution in [2.75, 3.05) is 6.61 Å². The van der Waals surface area contributed by atoms with Crippen molar-refractivity contribution in [1.82, 2.24) is 14.9 Å². The molecule has 0 unspecified atom stereocenters. The third kappa shape index (κ3) is 3.82. The number of hydrogen-bond donors (Lipinski definition) is 1. The van der Waals surface area contributed by atoms with Crippen LogP contribution in [0.3, 0.4) is 0 Å². The lowest BCUT2D eigenvalue weighted by atomic mass is 10.2. The standard InChI is InChI=1S/C16H23N3O2/c1-11(2)21-9-8-15(20)17-10-14-18-13-7-5-6-12(3)16(13)19(14)4/h5-7,11H,8-10H2,1-4H3,(H,17,20). The smallest absolute Gasteiger partial charge is 0.222 e. The van der Waals surface area contributed by atoms with Gasteiger partial charge in [-0.3, -0.25) is 4.79 Å². The molecule has 0 saturated heterocycles. The molecule has 0 fully saturated rings. The highest BCUT2D eigenvalue weighted by molar-refractivity contribution is 5.80. The van der Waals surface area contributed by atoms with Gasteiger partial charge in [0.1, 0.15) is 5.82 Å². The number of carbonyl (C=O) groups is 1. The van der Waals surface area contributed by atoms with Crippen LogP contribution in [0.25, 0.3) is 11.0 Å². The van der Waals surface area contributed by atoms with Gasteiger partial charge < -0.3 is 14.6 Å². The van der Waals surface area contributed by atoms with E-state index in [0.29, 0.717) is 19.6 Å². The fourth-order valence-corrected chi connectivity index (χ4v) is 2.32. The molecule has 5 heteroatoms. The summed E-state index contributed by atoms with van der Waals surface area (Å²) in [5.41, 5.74) is 3.26. The average Bonchev–Trinajstić information content (AvgIpc) is 2.74. The number of rotatable bonds is 6. The van der Waals surface area contributed by atoms with E-state index >= 15 is 0 Å². The fraction of sp³-hybridized carbons (Fsp3) is 0.500. The van der Waals surface area contributed by atoms with Crippen LogP contribution in [0, 0.1) is 6.92 Å². The van der Waals surface area contributed by atoms with E-state index in [1.807, 2.05) is 37.6 Å². The number of ether oxygens (including phenoxy) is 1. The summed E-state index contributed by atoms with van der Waals surface area (Å²) in [4.78, 5) is 16.3. The Morgan fingerprint density at radius 2 is 2.19 bits per heavy atom. The third-order valence-electron chi connectivity index (χ3n) is 3.41. The summed E-state index contributed by atoms with van der Waals surface area (Å²) in [5, 5.41) is 2.89. The molecule has 0 aliphatic rings. The zero-order valence-electron chi connectivity index (χ0n) is 13.1. The van der Waals surface area contributed by atoms with Gasteiger partial charge >= 0.3 is 0 Å². The number of aromatic nitrogens is 2. The summed E-state index contributed by atoms with van der Waals surface area (Å²) < 4.78 is 7.41. The molecule has 0 bridgehead atoms. The van der Waals surface area contributed by atoms with Crippen molar-refractivity contribution in [2.24, 2.45) is 7.05 Å². The lowest BCUT2D eigenvalue weighted by Gasteiger charge is -2.08. The van der Waals surface area contributed by atoms with Crippen molar-refractivity contribution in [3.63, 3.8) is 0 Å². The molecule has 1 aromatic carbocycles. The Labute approximate surface area is 125 Å². The minimum atomic E-state index is -0.0144. The van der Waals surface area contributed by atoms with E-state index in [1.54, 1.807) is 0 Å². The fourth-order valence-electron chi connectivity index (χ4n) is 2.32. The molecule has 0 atom stereocenters. The van der Waals surface area contributed by atoms with Crippen LogP contribution in [0.1, 0.15) is 31.7 Å². The monoisotopic (exact) mass is 289 g/mol. The molecule has 1 aromatic heterocycles. The zero-order valence-corrected chi connectivity index (χ0v) is 13.1. The second-order valence-electron chi connectivity index (χ2n) is 5.48. The highest BCUT2D eigenvalue weighted by Gasteiger charge is 2.10. The number of fused-ring (bicyclic) bond motifs is 1. The molecule has 114 valence electrons. The molecule has 0 saturated carbocycles. The lowest BCUT2D eigenvalue weighted by molar-refractivity contribution is -0.122. The highest BCUT2D eigenvalue weighted by atomic mass is 16.5. The van der Waals surface area contributed by atoms with E-state index in [-0.39, 0.29) is 12.0 Å². The van der Waals surface area contributed by atoms with Crippen LogP contribution in [0.4, 0.5) is 0 Å². The Morgan fingerprint density at radius 3 is 2.86 bits per heavy atom. The van der Waals surface area contributed by atoms with Crippen molar-refractivity contribution < 1.29 is 9.53 Å². The van der Waals surface area contributed by atoms with Gasteiger partial charge in [-0.25, -0.2) is 4.98 Å². The van der Waals surface area contributed by atoms with Crippen molar-refractivity contribution in [3.8, 4) is 0 Å². The van der Waals surface area contributed by atoms with Crippen LogP contribution in [-0.4, -0.2) is 28.2 Å². The second kappa shape index (κ2) is 6.72. The molecule has 0 radical (unpaired) electrons. The Morgan fingerprint density at radius 1 is 1.43 bits per heavy atom. The minimum Gasteiger partial charge on any atom is -0.378 e. The van der Waals surface area contributed by atoms with E-state index < -0.39 is 0 Å². The Hall–Kier alpha value is -1.88. The van der Waals surface area contributed by atoms with Crippen LogP contribution >= 0.6 is 0 Å². The number of amides is 1. The van der Waals surface area contributed by atoms with Crippen LogP contribution in [0.5, 0.6) is 0 Å². The third-order valence-corrected chi connectivity index (χ3v) is 3.41. The van der Waals surface area contributed by atoms with E-state index in [0.717, 1.165) is 16.9 Å². The highest BCUT2D eigenvalue weighted by Crippen LogP contribution is 2.18. The number of aryl methyl sites for hydroxylation is 2. The summed E-state index contributed by atoms with van der Waals surface area (Å²) in [6.07, 6.45) is 0.529. The first-order chi connectivity index (χ1) is 9.99. The Bertz CT molecular complexity index is 632. The van der Waals surface area contributed by atoms with Gasteiger partial charge in [-0.2, -0.15) is 0 Å². The number of nitrogens with zero attached hydrogens (tertiary/aromatic N) is 2. The first-order valence-corrected chi connectivity index (χ1v) is 7.28. The van der Waals surface area contributed by atoms with Gasteiger partial charge in [0, 0.05) is 13.5 Å². The van der Waals surface area contributed by atoms with Crippen LogP contribution in [0.15, 0.2) is 18.2 Å². The summed E-state index contributed by atoms with van der Waals surface area (Å²) in [5.74, 6) is 0.844. The zero-order chi connectivity index (χ0) is 15.4. The molecular weight excluding hydrogens is 266 g/mol. The van der Waals surface area contributed by atoms with E-state index in [1.165, 1.54) is 5.56 Å². The van der Waals surface area contributed by atoms with E-state index in [2.05, 4.69) is 23.3 Å². The molecule has 0 aliphatic heterocycles. The molecule has 0 spiro atoms. The quantitative estimate of drug-likeness (QED) is 0.888. The van der Waals surface area contributed by atoms with Crippen molar-refractivity contribution in [3.05, 3.63) is 29.6 Å². The maximum absolute atomic E-state index is 11.8. The second-order valence-corrected chi connectivity index (χ2v) is 5.48. The average molecular weight is 289 g/mol. The van der Waals surface area contributed by atoms with Crippen molar-refractivity contribution >= 4 is 16.9 Å². The SMILES string of the molecule is Cc1cccc2nc(CNC(=O)CCOC(C)C)n(C)c12. The molecule has 2 rings (SSSR count). The van der Waals surface area contributed by atoms with Gasteiger partial charge in [0.25, 0.3) is 0 Å². The summed E-state index contributed by atoms with van der Waals surface area (Å²) in [7, 11) is 1.98. The first-order valence-electron chi connectivity index (χ1n) is 7.28. The molecule has 1 amide bonds. The molecular formula is C16H23N3O2. The normalized spacial score (nSPS) is 11.3. The number of benzene rings is 1. The summed E-state index contributed by atoms with van der Waals surface area (Å²) in [6, 6.07) is 6.05. The first kappa shape index (κ1) is 15.5. The van der Waals surface area contributed by atoms with Gasteiger partial charge in [-0.05, 0) is 32.4 Å².